The molecule has 0 aliphatic rings. The summed E-state index contributed by atoms with van der Waals surface area (Å²) in [6.07, 6.45) is 0. The molecular weight excluding hydrogens is 302 g/mol. The average Bonchev–Trinajstić information content (AvgIpc) is 2.79. The Balaban J connectivity index is 2.35. The summed E-state index contributed by atoms with van der Waals surface area (Å²) < 4.78 is 32.0. The van der Waals surface area contributed by atoms with Gasteiger partial charge in [-0.2, -0.15) is 0 Å². The molecular formula is C16H15NO4S. The molecule has 0 aliphatic heterocycles. The highest BCUT2D eigenvalue weighted by Crippen LogP contribution is 2.36. The number of methoxy groups -OCH3 is 1. The smallest absolute Gasteiger partial charge is 0.268 e. The van der Waals surface area contributed by atoms with Crippen molar-refractivity contribution in [2.75, 3.05) is 7.11 Å². The predicted molar refractivity (Wildman–Crippen MR) is 83.9 cm³/mol. The lowest BCUT2D eigenvalue weighted by Crippen LogP contribution is -2.14. The molecule has 0 saturated carbocycles. The molecule has 1 aromatic heterocycles. The van der Waals surface area contributed by atoms with E-state index >= 15 is 0 Å². The molecule has 6 heteroatoms. The van der Waals surface area contributed by atoms with Crippen LogP contribution in [0.15, 0.2) is 53.4 Å². The van der Waals surface area contributed by atoms with E-state index in [2.05, 4.69) is 0 Å². The zero-order chi connectivity index (χ0) is 15.9. The fourth-order valence-electron chi connectivity index (χ4n) is 2.49. The second kappa shape index (κ2) is 5.06. The van der Waals surface area contributed by atoms with Crippen molar-refractivity contribution in [1.82, 2.24) is 3.97 Å². The van der Waals surface area contributed by atoms with E-state index in [1.165, 1.54) is 19.2 Å². The Morgan fingerprint density at radius 1 is 1.09 bits per heavy atom. The van der Waals surface area contributed by atoms with Crippen LogP contribution in [0.1, 0.15) is 5.69 Å². The first-order chi connectivity index (χ1) is 10.5. The van der Waals surface area contributed by atoms with Crippen molar-refractivity contribution >= 4 is 20.9 Å². The Morgan fingerprint density at radius 3 is 2.41 bits per heavy atom. The van der Waals surface area contributed by atoms with E-state index in [1.54, 1.807) is 43.3 Å². The fourth-order valence-corrected chi connectivity index (χ4v) is 4.07. The Kier molecular flexibility index (Phi) is 3.33. The van der Waals surface area contributed by atoms with Crippen molar-refractivity contribution in [3.63, 3.8) is 0 Å². The van der Waals surface area contributed by atoms with E-state index in [9.17, 15) is 13.5 Å². The topological polar surface area (TPSA) is 68.5 Å². The van der Waals surface area contributed by atoms with Gasteiger partial charge in [-0.1, -0.05) is 18.2 Å². The molecule has 0 saturated heterocycles. The minimum absolute atomic E-state index is 0.0617. The van der Waals surface area contributed by atoms with Gasteiger partial charge in [0, 0.05) is 5.39 Å². The van der Waals surface area contributed by atoms with Gasteiger partial charge < -0.3 is 9.84 Å². The molecule has 1 N–H and O–H groups in total. The Bertz CT molecular complexity index is 943. The van der Waals surface area contributed by atoms with Gasteiger partial charge in [-0.3, -0.25) is 0 Å². The van der Waals surface area contributed by atoms with Crippen LogP contribution in [0, 0.1) is 6.92 Å². The number of fused-ring (bicyclic) bond motifs is 1. The maximum Gasteiger partial charge on any atom is 0.268 e. The van der Waals surface area contributed by atoms with Crippen molar-refractivity contribution < 1.29 is 18.3 Å². The molecule has 0 fully saturated rings. The summed E-state index contributed by atoms with van der Waals surface area (Å²) in [5.74, 6) is 0.491. The summed E-state index contributed by atoms with van der Waals surface area (Å²) in [5, 5.41) is 10.7. The molecule has 0 bridgehead atoms. The quantitative estimate of drug-likeness (QED) is 0.806. The van der Waals surface area contributed by atoms with E-state index in [4.69, 9.17) is 4.74 Å². The number of aromatic nitrogens is 1. The molecule has 0 unspecified atom stereocenters. The second-order valence-corrected chi connectivity index (χ2v) is 6.69. The van der Waals surface area contributed by atoms with Crippen LogP contribution in [0.25, 0.3) is 10.9 Å². The van der Waals surface area contributed by atoms with Gasteiger partial charge in [0.15, 0.2) is 0 Å². The number of benzene rings is 2. The first-order valence-corrected chi connectivity index (χ1v) is 8.09. The maximum atomic E-state index is 12.9. The first kappa shape index (κ1) is 14.5. The van der Waals surface area contributed by atoms with Crippen LogP contribution in [0.2, 0.25) is 0 Å². The normalized spacial score (nSPS) is 11.7. The summed E-state index contributed by atoms with van der Waals surface area (Å²) in [6, 6.07) is 13.0. The number of rotatable bonds is 3. The molecule has 0 aliphatic carbocycles. The molecule has 2 aromatic carbocycles. The van der Waals surface area contributed by atoms with E-state index in [1.807, 2.05) is 0 Å². The SMILES string of the molecule is COc1ccc2c(c1)c(O)c(C)n2S(=O)(=O)c1ccccc1. The van der Waals surface area contributed by atoms with Gasteiger partial charge >= 0.3 is 0 Å². The van der Waals surface area contributed by atoms with Crippen LogP contribution in [-0.4, -0.2) is 24.6 Å². The molecule has 3 rings (SSSR count). The largest absolute Gasteiger partial charge is 0.505 e. The van der Waals surface area contributed by atoms with Crippen LogP contribution in [0.5, 0.6) is 11.5 Å². The zero-order valence-corrected chi connectivity index (χ0v) is 13.0. The Labute approximate surface area is 128 Å². The molecule has 0 amide bonds. The predicted octanol–water partition coefficient (Wildman–Crippen LogP) is 2.90. The monoisotopic (exact) mass is 317 g/mol. The lowest BCUT2D eigenvalue weighted by atomic mass is 10.2. The summed E-state index contributed by atoms with van der Waals surface area (Å²) in [4.78, 5) is 0.172. The van der Waals surface area contributed by atoms with Gasteiger partial charge in [-0.25, -0.2) is 12.4 Å². The standard InChI is InChI=1S/C16H15NO4S/c1-11-16(18)14-10-12(21-2)8-9-15(14)17(11)22(19,20)13-6-4-3-5-7-13/h3-10,18H,1-2H3. The van der Waals surface area contributed by atoms with Crippen LogP contribution >= 0.6 is 0 Å². The van der Waals surface area contributed by atoms with Gasteiger partial charge in [0.1, 0.15) is 11.5 Å². The molecule has 114 valence electrons. The Hall–Kier alpha value is -2.47. The highest BCUT2D eigenvalue weighted by molar-refractivity contribution is 7.90. The molecule has 3 aromatic rings. The molecule has 22 heavy (non-hydrogen) atoms. The molecule has 5 nitrogen and oxygen atoms in total. The lowest BCUT2D eigenvalue weighted by molar-refractivity contribution is 0.415. The molecule has 1 heterocycles. The van der Waals surface area contributed by atoms with Crippen molar-refractivity contribution in [3.8, 4) is 11.5 Å². The number of aromatic hydroxyl groups is 1. The van der Waals surface area contributed by atoms with Crippen LogP contribution in [-0.2, 0) is 10.0 Å². The van der Waals surface area contributed by atoms with Crippen molar-refractivity contribution in [2.45, 2.75) is 11.8 Å². The van der Waals surface area contributed by atoms with Crippen molar-refractivity contribution in [1.29, 1.82) is 0 Å². The van der Waals surface area contributed by atoms with E-state index in [0.29, 0.717) is 16.7 Å². The third-order valence-electron chi connectivity index (χ3n) is 3.61. The van der Waals surface area contributed by atoms with Gasteiger partial charge in [0.2, 0.25) is 0 Å². The maximum absolute atomic E-state index is 12.9. The van der Waals surface area contributed by atoms with Gasteiger partial charge in [0.05, 0.1) is 23.2 Å². The summed E-state index contributed by atoms with van der Waals surface area (Å²) >= 11 is 0. The van der Waals surface area contributed by atoms with Gasteiger partial charge in [-0.15, -0.1) is 0 Å². The summed E-state index contributed by atoms with van der Waals surface area (Å²) in [5.41, 5.74) is 0.687. The Morgan fingerprint density at radius 2 is 1.77 bits per heavy atom. The minimum atomic E-state index is -3.78. The average molecular weight is 317 g/mol. The van der Waals surface area contributed by atoms with E-state index < -0.39 is 10.0 Å². The molecule has 0 spiro atoms. The first-order valence-electron chi connectivity index (χ1n) is 6.65. The molecule has 0 radical (unpaired) electrons. The van der Waals surface area contributed by atoms with Crippen molar-refractivity contribution in [2.24, 2.45) is 0 Å². The van der Waals surface area contributed by atoms with Crippen LogP contribution < -0.4 is 4.74 Å². The number of ether oxygens (including phenoxy) is 1. The fraction of sp³-hybridized carbons (Fsp3) is 0.125. The zero-order valence-electron chi connectivity index (χ0n) is 12.1. The van der Waals surface area contributed by atoms with Crippen LogP contribution in [0.4, 0.5) is 0 Å². The number of hydrogen-bond donors (Lipinski definition) is 1. The number of nitrogens with zero attached hydrogens (tertiary/aromatic N) is 1. The summed E-state index contributed by atoms with van der Waals surface area (Å²) in [6.45, 7) is 1.57. The van der Waals surface area contributed by atoms with Crippen molar-refractivity contribution in [3.05, 3.63) is 54.2 Å². The highest BCUT2D eigenvalue weighted by Gasteiger charge is 2.24. The third kappa shape index (κ3) is 2.03. The lowest BCUT2D eigenvalue weighted by Gasteiger charge is -2.09. The van der Waals surface area contributed by atoms with Crippen LogP contribution in [0.3, 0.4) is 0 Å². The highest BCUT2D eigenvalue weighted by atomic mass is 32.2. The third-order valence-corrected chi connectivity index (χ3v) is 5.43. The molecule has 0 atom stereocenters. The van der Waals surface area contributed by atoms with E-state index in [0.717, 1.165) is 3.97 Å². The number of hydrogen-bond acceptors (Lipinski definition) is 4. The van der Waals surface area contributed by atoms with Gasteiger partial charge in [0.25, 0.3) is 10.0 Å². The van der Waals surface area contributed by atoms with Gasteiger partial charge in [-0.05, 0) is 37.3 Å². The summed E-state index contributed by atoms with van der Waals surface area (Å²) in [7, 11) is -2.26. The van der Waals surface area contributed by atoms with E-state index in [-0.39, 0.29) is 16.3 Å². The minimum Gasteiger partial charge on any atom is -0.505 e. The second-order valence-electron chi connectivity index (χ2n) is 4.90.